The molecule has 0 aromatic carbocycles. The van der Waals surface area contributed by atoms with Crippen LogP contribution in [0.4, 0.5) is 5.69 Å². The van der Waals surface area contributed by atoms with Crippen molar-refractivity contribution >= 4 is 21.4 Å². The van der Waals surface area contributed by atoms with Crippen LogP contribution in [0.1, 0.15) is 20.3 Å². The van der Waals surface area contributed by atoms with Crippen LogP contribution in [0.15, 0.2) is 23.1 Å². The summed E-state index contributed by atoms with van der Waals surface area (Å²) in [5.41, 5.74) is -0.811. The Morgan fingerprint density at radius 1 is 1.44 bits per heavy atom. The molecular formula is C15H21N3O6S. The first-order valence-corrected chi connectivity index (χ1v) is 9.76. The van der Waals surface area contributed by atoms with Crippen LogP contribution in [-0.4, -0.2) is 52.8 Å². The highest BCUT2D eigenvalue weighted by Crippen LogP contribution is 2.19. The van der Waals surface area contributed by atoms with Gasteiger partial charge in [0.15, 0.2) is 9.84 Å². The van der Waals surface area contributed by atoms with Crippen molar-refractivity contribution in [2.24, 2.45) is 5.92 Å². The van der Waals surface area contributed by atoms with Gasteiger partial charge in [-0.1, -0.05) is 13.8 Å². The van der Waals surface area contributed by atoms with Gasteiger partial charge < -0.3 is 4.90 Å². The van der Waals surface area contributed by atoms with Gasteiger partial charge in [0, 0.05) is 24.7 Å². The normalized spacial score (nSPS) is 19.1. The molecule has 0 N–H and O–H groups in total. The van der Waals surface area contributed by atoms with Crippen LogP contribution < -0.4 is 5.56 Å². The minimum absolute atomic E-state index is 0.0380. The molecule has 1 fully saturated rings. The van der Waals surface area contributed by atoms with Crippen molar-refractivity contribution in [3.8, 4) is 0 Å². The first kappa shape index (κ1) is 19.1. The highest BCUT2D eigenvalue weighted by Gasteiger charge is 2.35. The predicted molar refractivity (Wildman–Crippen MR) is 91.0 cm³/mol. The van der Waals surface area contributed by atoms with Gasteiger partial charge in [-0.15, -0.1) is 0 Å². The average Bonchev–Trinajstić information content (AvgIpc) is 2.86. The van der Waals surface area contributed by atoms with E-state index in [1.807, 2.05) is 13.8 Å². The molecule has 0 saturated carbocycles. The minimum atomic E-state index is -3.16. The first-order chi connectivity index (χ1) is 11.6. The van der Waals surface area contributed by atoms with Crippen molar-refractivity contribution in [3.05, 3.63) is 38.8 Å². The van der Waals surface area contributed by atoms with E-state index in [0.29, 0.717) is 13.0 Å². The number of hydrogen-bond acceptors (Lipinski definition) is 6. The third-order valence-corrected chi connectivity index (χ3v) is 5.77. The number of nitrogens with zero attached hydrogens (tertiary/aromatic N) is 3. The monoisotopic (exact) mass is 371 g/mol. The van der Waals surface area contributed by atoms with Gasteiger partial charge in [-0.05, 0) is 12.3 Å². The van der Waals surface area contributed by atoms with E-state index in [1.54, 1.807) is 0 Å². The van der Waals surface area contributed by atoms with Crippen molar-refractivity contribution < 1.29 is 18.1 Å². The number of aromatic nitrogens is 1. The molecular weight excluding hydrogens is 350 g/mol. The second kappa shape index (κ2) is 7.34. The summed E-state index contributed by atoms with van der Waals surface area (Å²) >= 11 is 0. The Balaban J connectivity index is 2.24. The van der Waals surface area contributed by atoms with Crippen LogP contribution in [0.3, 0.4) is 0 Å². The Labute approximate surface area is 145 Å². The fourth-order valence-electron chi connectivity index (χ4n) is 2.86. The standard InChI is InChI=1S/C15H21N3O6S/c1-11(2)7-17(13-5-6-25(23,24)10-13)15(20)9-16-8-12(18(21)22)3-4-14(16)19/h3-4,8,11,13H,5-7,9-10H2,1-2H3/t13-/m0/s1. The number of amides is 1. The Morgan fingerprint density at radius 2 is 2.12 bits per heavy atom. The lowest BCUT2D eigenvalue weighted by Gasteiger charge is -2.30. The minimum Gasteiger partial charge on any atom is -0.337 e. The lowest BCUT2D eigenvalue weighted by atomic mass is 10.1. The van der Waals surface area contributed by atoms with Crippen molar-refractivity contribution in [2.45, 2.75) is 32.9 Å². The molecule has 1 aromatic rings. The van der Waals surface area contributed by atoms with Crippen LogP contribution in [0.2, 0.25) is 0 Å². The number of pyridine rings is 1. The summed E-state index contributed by atoms with van der Waals surface area (Å²) < 4.78 is 24.4. The maximum atomic E-state index is 12.7. The molecule has 2 rings (SSSR count). The Hall–Kier alpha value is -2.23. The molecule has 1 aromatic heterocycles. The fraction of sp³-hybridized carbons (Fsp3) is 0.600. The van der Waals surface area contributed by atoms with Gasteiger partial charge in [0.05, 0.1) is 22.6 Å². The second-order valence-corrected chi connectivity index (χ2v) is 8.84. The lowest BCUT2D eigenvalue weighted by molar-refractivity contribution is -0.385. The molecule has 1 saturated heterocycles. The lowest BCUT2D eigenvalue weighted by Crippen LogP contribution is -2.45. The van der Waals surface area contributed by atoms with Gasteiger partial charge in [-0.25, -0.2) is 8.42 Å². The molecule has 25 heavy (non-hydrogen) atoms. The van der Waals surface area contributed by atoms with E-state index in [2.05, 4.69) is 0 Å². The molecule has 9 nitrogen and oxygen atoms in total. The van der Waals surface area contributed by atoms with Crippen LogP contribution in [0.25, 0.3) is 0 Å². The summed E-state index contributed by atoms with van der Waals surface area (Å²) in [6.45, 7) is 3.82. The van der Waals surface area contributed by atoms with E-state index in [-0.39, 0.29) is 29.7 Å². The largest absolute Gasteiger partial charge is 0.337 e. The third-order valence-electron chi connectivity index (χ3n) is 4.02. The Bertz CT molecular complexity index is 830. The summed E-state index contributed by atoms with van der Waals surface area (Å²) in [6.07, 6.45) is 1.39. The predicted octanol–water partition coefficient (Wildman–Crippen LogP) is 0.428. The van der Waals surface area contributed by atoms with Crippen LogP contribution in [0.5, 0.6) is 0 Å². The van der Waals surface area contributed by atoms with E-state index in [1.165, 1.54) is 4.90 Å². The third kappa shape index (κ3) is 4.88. The van der Waals surface area contributed by atoms with Crippen LogP contribution >= 0.6 is 0 Å². The van der Waals surface area contributed by atoms with Crippen molar-refractivity contribution in [3.63, 3.8) is 0 Å². The van der Waals surface area contributed by atoms with E-state index < -0.39 is 32.3 Å². The molecule has 1 amide bonds. The molecule has 0 spiro atoms. The quantitative estimate of drug-likeness (QED) is 0.528. The number of carbonyl (C=O) groups excluding carboxylic acids is 1. The molecule has 0 radical (unpaired) electrons. The number of carbonyl (C=O) groups is 1. The molecule has 0 unspecified atom stereocenters. The maximum absolute atomic E-state index is 12.7. The van der Waals surface area contributed by atoms with E-state index in [9.17, 15) is 28.1 Å². The molecule has 2 heterocycles. The van der Waals surface area contributed by atoms with Crippen molar-refractivity contribution in [2.75, 3.05) is 18.1 Å². The zero-order chi connectivity index (χ0) is 18.8. The molecule has 10 heteroatoms. The zero-order valence-electron chi connectivity index (χ0n) is 14.1. The van der Waals surface area contributed by atoms with Crippen molar-refractivity contribution in [1.82, 2.24) is 9.47 Å². The van der Waals surface area contributed by atoms with Gasteiger partial charge in [0.1, 0.15) is 6.54 Å². The maximum Gasteiger partial charge on any atom is 0.285 e. The van der Waals surface area contributed by atoms with Gasteiger partial charge in [-0.2, -0.15) is 0 Å². The number of rotatable bonds is 6. The number of sulfone groups is 1. The topological polar surface area (TPSA) is 120 Å². The van der Waals surface area contributed by atoms with Crippen LogP contribution in [0, 0.1) is 16.0 Å². The number of nitro groups is 1. The summed E-state index contributed by atoms with van der Waals surface area (Å²) in [7, 11) is -3.16. The molecule has 138 valence electrons. The molecule has 0 aliphatic carbocycles. The van der Waals surface area contributed by atoms with E-state index in [0.717, 1.165) is 22.9 Å². The smallest absolute Gasteiger partial charge is 0.285 e. The van der Waals surface area contributed by atoms with Crippen LogP contribution in [-0.2, 0) is 21.2 Å². The van der Waals surface area contributed by atoms with Gasteiger partial charge >= 0.3 is 0 Å². The highest BCUT2D eigenvalue weighted by molar-refractivity contribution is 7.91. The SMILES string of the molecule is CC(C)CN(C(=O)Cn1cc([N+](=O)[O-])ccc1=O)[C@H]1CCS(=O)(=O)C1. The van der Waals surface area contributed by atoms with E-state index >= 15 is 0 Å². The average molecular weight is 371 g/mol. The summed E-state index contributed by atoms with van der Waals surface area (Å²) in [6, 6.07) is 1.70. The number of hydrogen-bond donors (Lipinski definition) is 0. The molecule has 1 atom stereocenters. The molecule has 1 aliphatic rings. The molecule has 1 aliphatic heterocycles. The van der Waals surface area contributed by atoms with Gasteiger partial charge in [-0.3, -0.25) is 24.3 Å². The Morgan fingerprint density at radius 3 is 2.64 bits per heavy atom. The van der Waals surface area contributed by atoms with Crippen molar-refractivity contribution in [1.29, 1.82) is 0 Å². The van der Waals surface area contributed by atoms with E-state index in [4.69, 9.17) is 0 Å². The first-order valence-electron chi connectivity index (χ1n) is 7.94. The summed E-state index contributed by atoms with van der Waals surface area (Å²) in [4.78, 5) is 36.2. The second-order valence-electron chi connectivity index (χ2n) is 6.61. The molecule has 0 bridgehead atoms. The summed E-state index contributed by atoms with van der Waals surface area (Å²) in [5.74, 6) is -0.349. The zero-order valence-corrected chi connectivity index (χ0v) is 14.9. The highest BCUT2D eigenvalue weighted by atomic mass is 32.2. The Kier molecular flexibility index (Phi) is 5.61. The van der Waals surface area contributed by atoms with Gasteiger partial charge in [0.2, 0.25) is 5.91 Å². The van der Waals surface area contributed by atoms with Gasteiger partial charge in [0.25, 0.3) is 11.2 Å². The fourth-order valence-corrected chi connectivity index (χ4v) is 4.59. The summed E-state index contributed by atoms with van der Waals surface area (Å²) in [5, 5.41) is 10.8.